The Balaban J connectivity index is 1.37. The lowest BCUT2D eigenvalue weighted by Gasteiger charge is -2.40. The number of rotatable bonds is 2. The van der Waals surface area contributed by atoms with Crippen molar-refractivity contribution in [2.75, 3.05) is 19.6 Å². The fourth-order valence-electron chi connectivity index (χ4n) is 4.07. The standard InChI is InChI=1S/C21H23BrN2O/c22-19-7-3-6-17(14-19)21(25)23-12-9-20(10-13-23)24-11-8-16-4-1-2-5-18(16)15-24/h1-7,14,20H,8-13,15H2. The van der Waals surface area contributed by atoms with E-state index in [1.807, 2.05) is 29.2 Å². The summed E-state index contributed by atoms with van der Waals surface area (Å²) in [5.74, 6) is 0.156. The van der Waals surface area contributed by atoms with E-state index in [9.17, 15) is 4.79 Å². The maximum atomic E-state index is 12.7. The van der Waals surface area contributed by atoms with E-state index in [1.165, 1.54) is 11.1 Å². The minimum atomic E-state index is 0.156. The molecule has 25 heavy (non-hydrogen) atoms. The van der Waals surface area contributed by atoms with Gasteiger partial charge in [0.1, 0.15) is 0 Å². The zero-order valence-corrected chi connectivity index (χ0v) is 15.9. The van der Waals surface area contributed by atoms with Crippen molar-refractivity contribution >= 4 is 21.8 Å². The van der Waals surface area contributed by atoms with Crippen LogP contribution in [-0.2, 0) is 13.0 Å². The maximum Gasteiger partial charge on any atom is 0.253 e. The molecule has 2 aromatic carbocycles. The Bertz CT molecular complexity index is 768. The van der Waals surface area contributed by atoms with Gasteiger partial charge in [0.2, 0.25) is 0 Å². The Morgan fingerprint density at radius 3 is 2.48 bits per heavy atom. The number of likely N-dealkylation sites (tertiary alicyclic amines) is 1. The third-order valence-electron chi connectivity index (χ3n) is 5.50. The molecule has 2 heterocycles. The number of amides is 1. The summed E-state index contributed by atoms with van der Waals surface area (Å²) >= 11 is 3.45. The molecule has 0 aliphatic carbocycles. The van der Waals surface area contributed by atoms with Crippen LogP contribution in [0.5, 0.6) is 0 Å². The fourth-order valence-corrected chi connectivity index (χ4v) is 4.47. The van der Waals surface area contributed by atoms with Gasteiger partial charge in [-0.1, -0.05) is 46.3 Å². The third-order valence-corrected chi connectivity index (χ3v) is 5.99. The fraction of sp³-hybridized carbons (Fsp3) is 0.381. The number of carbonyl (C=O) groups excluding carboxylic acids is 1. The molecule has 0 atom stereocenters. The molecular weight excluding hydrogens is 376 g/mol. The summed E-state index contributed by atoms with van der Waals surface area (Å²) < 4.78 is 0.959. The first kappa shape index (κ1) is 16.8. The van der Waals surface area contributed by atoms with Crippen molar-refractivity contribution in [2.45, 2.75) is 31.8 Å². The lowest BCUT2D eigenvalue weighted by atomic mass is 9.95. The average molecular weight is 399 g/mol. The Labute approximate surface area is 157 Å². The van der Waals surface area contributed by atoms with Gasteiger partial charge in [0, 0.05) is 42.3 Å². The highest BCUT2D eigenvalue weighted by Crippen LogP contribution is 2.25. The average Bonchev–Trinajstić information content (AvgIpc) is 2.67. The monoisotopic (exact) mass is 398 g/mol. The van der Waals surface area contributed by atoms with Crippen LogP contribution in [0.3, 0.4) is 0 Å². The second-order valence-electron chi connectivity index (χ2n) is 7.02. The van der Waals surface area contributed by atoms with E-state index in [2.05, 4.69) is 45.1 Å². The van der Waals surface area contributed by atoms with E-state index in [0.717, 1.165) is 55.5 Å². The largest absolute Gasteiger partial charge is 0.339 e. The summed E-state index contributed by atoms with van der Waals surface area (Å²) in [4.78, 5) is 17.3. The van der Waals surface area contributed by atoms with Crippen LogP contribution >= 0.6 is 15.9 Å². The van der Waals surface area contributed by atoms with Crippen molar-refractivity contribution in [1.82, 2.24) is 9.80 Å². The zero-order valence-electron chi connectivity index (χ0n) is 14.3. The summed E-state index contributed by atoms with van der Waals surface area (Å²) in [6, 6.07) is 17.1. The van der Waals surface area contributed by atoms with Gasteiger partial charge in [0.15, 0.2) is 0 Å². The molecule has 2 aromatic rings. The molecule has 0 unspecified atom stereocenters. The van der Waals surface area contributed by atoms with Crippen molar-refractivity contribution < 1.29 is 4.79 Å². The summed E-state index contributed by atoms with van der Waals surface area (Å²) in [5.41, 5.74) is 3.75. The molecule has 130 valence electrons. The van der Waals surface area contributed by atoms with Gasteiger partial charge in [-0.2, -0.15) is 0 Å². The van der Waals surface area contributed by atoms with Gasteiger partial charge in [-0.05, 0) is 48.6 Å². The molecule has 0 spiro atoms. The minimum absolute atomic E-state index is 0.156. The van der Waals surface area contributed by atoms with Gasteiger partial charge < -0.3 is 4.90 Å². The number of fused-ring (bicyclic) bond motifs is 1. The first-order valence-corrected chi connectivity index (χ1v) is 9.86. The van der Waals surface area contributed by atoms with E-state index in [0.29, 0.717) is 6.04 Å². The summed E-state index contributed by atoms with van der Waals surface area (Å²) in [6.45, 7) is 3.91. The first-order chi connectivity index (χ1) is 12.2. The lowest BCUT2D eigenvalue weighted by molar-refractivity contribution is 0.0599. The van der Waals surface area contributed by atoms with Crippen LogP contribution in [0.1, 0.15) is 34.3 Å². The van der Waals surface area contributed by atoms with Gasteiger partial charge >= 0.3 is 0 Å². The van der Waals surface area contributed by atoms with Crippen molar-refractivity contribution in [3.8, 4) is 0 Å². The highest BCUT2D eigenvalue weighted by atomic mass is 79.9. The smallest absolute Gasteiger partial charge is 0.253 e. The lowest BCUT2D eigenvalue weighted by Crippen LogP contribution is -2.48. The van der Waals surface area contributed by atoms with Gasteiger partial charge in [-0.25, -0.2) is 0 Å². The quantitative estimate of drug-likeness (QED) is 0.759. The van der Waals surface area contributed by atoms with E-state index in [1.54, 1.807) is 0 Å². The van der Waals surface area contributed by atoms with Crippen molar-refractivity contribution in [3.63, 3.8) is 0 Å². The van der Waals surface area contributed by atoms with Gasteiger partial charge in [-0.15, -0.1) is 0 Å². The number of hydrogen-bond donors (Lipinski definition) is 0. The molecule has 0 saturated carbocycles. The Kier molecular flexibility index (Phi) is 4.91. The number of halogens is 1. The topological polar surface area (TPSA) is 23.6 Å². The molecule has 0 radical (unpaired) electrons. The predicted molar refractivity (Wildman–Crippen MR) is 104 cm³/mol. The molecule has 0 bridgehead atoms. The molecule has 2 aliphatic heterocycles. The number of benzene rings is 2. The van der Waals surface area contributed by atoms with E-state index in [-0.39, 0.29) is 5.91 Å². The Morgan fingerprint density at radius 1 is 0.960 bits per heavy atom. The van der Waals surface area contributed by atoms with Crippen molar-refractivity contribution in [3.05, 3.63) is 69.7 Å². The molecular formula is C21H23BrN2O. The number of piperidine rings is 1. The first-order valence-electron chi connectivity index (χ1n) is 9.06. The molecule has 0 aromatic heterocycles. The molecule has 0 N–H and O–H groups in total. The molecule has 4 heteroatoms. The normalized spacial score (nSPS) is 18.8. The van der Waals surface area contributed by atoms with E-state index >= 15 is 0 Å². The van der Waals surface area contributed by atoms with Crippen LogP contribution < -0.4 is 0 Å². The third kappa shape index (κ3) is 3.65. The van der Waals surface area contributed by atoms with Crippen LogP contribution in [0.25, 0.3) is 0 Å². The van der Waals surface area contributed by atoms with Crippen LogP contribution in [0.2, 0.25) is 0 Å². The maximum absolute atomic E-state index is 12.7. The molecule has 3 nitrogen and oxygen atoms in total. The molecule has 4 rings (SSSR count). The number of nitrogens with zero attached hydrogens (tertiary/aromatic N) is 2. The minimum Gasteiger partial charge on any atom is -0.339 e. The van der Waals surface area contributed by atoms with Gasteiger partial charge in [0.25, 0.3) is 5.91 Å². The second kappa shape index (κ2) is 7.30. The molecule has 1 amide bonds. The second-order valence-corrected chi connectivity index (χ2v) is 7.94. The highest BCUT2D eigenvalue weighted by Gasteiger charge is 2.29. The highest BCUT2D eigenvalue weighted by molar-refractivity contribution is 9.10. The molecule has 1 saturated heterocycles. The zero-order chi connectivity index (χ0) is 17.2. The number of hydrogen-bond acceptors (Lipinski definition) is 2. The van der Waals surface area contributed by atoms with Crippen molar-refractivity contribution in [2.24, 2.45) is 0 Å². The summed E-state index contributed by atoms with van der Waals surface area (Å²) in [7, 11) is 0. The summed E-state index contributed by atoms with van der Waals surface area (Å²) in [6.07, 6.45) is 3.29. The van der Waals surface area contributed by atoms with Crippen LogP contribution in [0.4, 0.5) is 0 Å². The van der Waals surface area contributed by atoms with E-state index < -0.39 is 0 Å². The SMILES string of the molecule is O=C(c1cccc(Br)c1)N1CCC(N2CCc3ccccc3C2)CC1. The van der Waals surface area contributed by atoms with Crippen LogP contribution in [0, 0.1) is 0 Å². The Morgan fingerprint density at radius 2 is 1.72 bits per heavy atom. The van der Waals surface area contributed by atoms with Gasteiger partial charge in [-0.3, -0.25) is 9.69 Å². The Hall–Kier alpha value is -1.65. The van der Waals surface area contributed by atoms with Crippen LogP contribution in [0.15, 0.2) is 53.0 Å². The van der Waals surface area contributed by atoms with Gasteiger partial charge in [0.05, 0.1) is 0 Å². The summed E-state index contributed by atoms with van der Waals surface area (Å²) in [5, 5.41) is 0. The van der Waals surface area contributed by atoms with Crippen molar-refractivity contribution in [1.29, 1.82) is 0 Å². The molecule has 1 fully saturated rings. The van der Waals surface area contributed by atoms with Crippen LogP contribution in [-0.4, -0.2) is 41.4 Å². The van der Waals surface area contributed by atoms with E-state index in [4.69, 9.17) is 0 Å². The predicted octanol–water partition coefficient (Wildman–Crippen LogP) is 4.11. The number of carbonyl (C=O) groups is 1. The molecule has 2 aliphatic rings.